The van der Waals surface area contributed by atoms with Crippen molar-refractivity contribution in [3.05, 3.63) is 35.4 Å². The van der Waals surface area contributed by atoms with Crippen molar-refractivity contribution in [3.8, 4) is 0 Å². The van der Waals surface area contributed by atoms with Crippen LogP contribution in [0.3, 0.4) is 0 Å². The molecular formula is C14H19F2N3O. The Morgan fingerprint density at radius 3 is 2.50 bits per heavy atom. The SMILES string of the molecule is NCCCN1CCN(C(=O)c2ccc(F)cc2F)CC1. The number of carbonyl (C=O) groups excluding carboxylic acids is 1. The molecule has 0 aliphatic carbocycles. The third-order valence-electron chi connectivity index (χ3n) is 3.50. The Bertz CT molecular complexity index is 473. The van der Waals surface area contributed by atoms with E-state index >= 15 is 0 Å². The third kappa shape index (κ3) is 3.52. The Morgan fingerprint density at radius 2 is 1.90 bits per heavy atom. The van der Waals surface area contributed by atoms with E-state index < -0.39 is 11.6 Å². The summed E-state index contributed by atoms with van der Waals surface area (Å²) in [7, 11) is 0. The van der Waals surface area contributed by atoms with Gasteiger partial charge in [0.25, 0.3) is 5.91 Å². The van der Waals surface area contributed by atoms with Crippen LogP contribution in [0, 0.1) is 11.6 Å². The lowest BCUT2D eigenvalue weighted by atomic mass is 10.1. The highest BCUT2D eigenvalue weighted by atomic mass is 19.1. The second-order valence-electron chi connectivity index (χ2n) is 4.90. The zero-order valence-corrected chi connectivity index (χ0v) is 11.3. The highest BCUT2D eigenvalue weighted by molar-refractivity contribution is 5.94. The van der Waals surface area contributed by atoms with Crippen molar-refractivity contribution in [3.63, 3.8) is 0 Å². The molecule has 0 saturated carbocycles. The minimum atomic E-state index is -0.805. The van der Waals surface area contributed by atoms with Gasteiger partial charge in [0, 0.05) is 32.2 Å². The van der Waals surface area contributed by atoms with Crippen molar-refractivity contribution in [1.29, 1.82) is 0 Å². The number of hydrogen-bond acceptors (Lipinski definition) is 3. The summed E-state index contributed by atoms with van der Waals surface area (Å²) in [5.41, 5.74) is 5.39. The molecule has 1 saturated heterocycles. The van der Waals surface area contributed by atoms with Gasteiger partial charge >= 0.3 is 0 Å². The van der Waals surface area contributed by atoms with Gasteiger partial charge in [-0.1, -0.05) is 0 Å². The van der Waals surface area contributed by atoms with Gasteiger partial charge in [0.1, 0.15) is 11.6 Å². The number of nitrogens with two attached hydrogens (primary N) is 1. The molecule has 6 heteroatoms. The summed E-state index contributed by atoms with van der Waals surface area (Å²) in [6.07, 6.45) is 0.931. The van der Waals surface area contributed by atoms with E-state index in [2.05, 4.69) is 4.90 Å². The van der Waals surface area contributed by atoms with E-state index in [0.29, 0.717) is 19.6 Å². The summed E-state index contributed by atoms with van der Waals surface area (Å²) in [5, 5.41) is 0. The van der Waals surface area contributed by atoms with Crippen LogP contribution >= 0.6 is 0 Å². The highest BCUT2D eigenvalue weighted by Crippen LogP contribution is 2.14. The fourth-order valence-corrected chi connectivity index (χ4v) is 2.32. The first-order valence-corrected chi connectivity index (χ1v) is 6.78. The average molecular weight is 283 g/mol. The molecule has 0 aromatic heterocycles. The molecule has 0 bridgehead atoms. The number of nitrogens with zero attached hydrogens (tertiary/aromatic N) is 2. The molecule has 1 fully saturated rings. The summed E-state index contributed by atoms with van der Waals surface area (Å²) >= 11 is 0. The standard InChI is InChI=1S/C14H19F2N3O/c15-11-2-3-12(13(16)10-11)14(20)19-8-6-18(7-9-19)5-1-4-17/h2-3,10H,1,4-9,17H2. The molecule has 4 nitrogen and oxygen atoms in total. The molecule has 1 aromatic rings. The van der Waals surface area contributed by atoms with E-state index in [9.17, 15) is 13.6 Å². The number of benzene rings is 1. The second-order valence-corrected chi connectivity index (χ2v) is 4.90. The molecule has 1 aromatic carbocycles. The van der Waals surface area contributed by atoms with Crippen LogP contribution in [-0.2, 0) is 0 Å². The van der Waals surface area contributed by atoms with Crippen LogP contribution in [0.4, 0.5) is 8.78 Å². The summed E-state index contributed by atoms with van der Waals surface area (Å²) in [5.74, 6) is -1.85. The Balaban J connectivity index is 1.94. The molecule has 1 aliphatic rings. The van der Waals surface area contributed by atoms with Crippen molar-refractivity contribution >= 4 is 5.91 Å². The largest absolute Gasteiger partial charge is 0.336 e. The van der Waals surface area contributed by atoms with Crippen molar-refractivity contribution < 1.29 is 13.6 Å². The van der Waals surface area contributed by atoms with Gasteiger partial charge in [-0.25, -0.2) is 8.78 Å². The van der Waals surface area contributed by atoms with E-state index in [0.717, 1.165) is 38.2 Å². The Kier molecular flexibility index (Phi) is 5.03. The van der Waals surface area contributed by atoms with Crippen molar-refractivity contribution in [1.82, 2.24) is 9.80 Å². The summed E-state index contributed by atoms with van der Waals surface area (Å²) < 4.78 is 26.4. The van der Waals surface area contributed by atoms with Crippen LogP contribution < -0.4 is 5.73 Å². The van der Waals surface area contributed by atoms with E-state index in [-0.39, 0.29) is 11.5 Å². The molecule has 110 valence electrons. The smallest absolute Gasteiger partial charge is 0.256 e. The minimum Gasteiger partial charge on any atom is -0.336 e. The molecule has 2 N–H and O–H groups in total. The van der Waals surface area contributed by atoms with Gasteiger partial charge in [-0.3, -0.25) is 9.69 Å². The zero-order valence-electron chi connectivity index (χ0n) is 11.3. The third-order valence-corrected chi connectivity index (χ3v) is 3.50. The van der Waals surface area contributed by atoms with Crippen LogP contribution in [0.1, 0.15) is 16.8 Å². The van der Waals surface area contributed by atoms with E-state index in [1.165, 1.54) is 6.07 Å². The molecule has 20 heavy (non-hydrogen) atoms. The molecule has 0 unspecified atom stereocenters. The predicted octanol–water partition coefficient (Wildman–Crippen LogP) is 1.07. The number of rotatable bonds is 4. The first-order chi connectivity index (χ1) is 9.61. The van der Waals surface area contributed by atoms with Crippen molar-refractivity contribution in [2.75, 3.05) is 39.3 Å². The van der Waals surface area contributed by atoms with Gasteiger partial charge in [0.05, 0.1) is 5.56 Å². The molecular weight excluding hydrogens is 264 g/mol. The summed E-state index contributed by atoms with van der Waals surface area (Å²) in [6.45, 7) is 4.20. The number of halogens is 2. The molecule has 2 rings (SSSR count). The number of hydrogen-bond donors (Lipinski definition) is 1. The zero-order chi connectivity index (χ0) is 14.5. The molecule has 1 aliphatic heterocycles. The lowest BCUT2D eigenvalue weighted by Crippen LogP contribution is -2.49. The van der Waals surface area contributed by atoms with Crippen LogP contribution in [-0.4, -0.2) is 55.0 Å². The Morgan fingerprint density at radius 1 is 1.20 bits per heavy atom. The summed E-state index contributed by atoms with van der Waals surface area (Å²) in [4.78, 5) is 16.0. The van der Waals surface area contributed by atoms with Crippen molar-refractivity contribution in [2.45, 2.75) is 6.42 Å². The molecule has 1 amide bonds. The van der Waals surface area contributed by atoms with E-state index in [4.69, 9.17) is 5.73 Å². The van der Waals surface area contributed by atoms with Gasteiger partial charge in [-0.15, -0.1) is 0 Å². The van der Waals surface area contributed by atoms with Gasteiger partial charge in [-0.05, 0) is 31.6 Å². The van der Waals surface area contributed by atoms with E-state index in [1.807, 2.05) is 0 Å². The normalized spacial score (nSPS) is 16.4. The van der Waals surface area contributed by atoms with Crippen LogP contribution in [0.2, 0.25) is 0 Å². The maximum atomic E-state index is 13.6. The quantitative estimate of drug-likeness (QED) is 0.899. The molecule has 0 atom stereocenters. The van der Waals surface area contributed by atoms with Crippen LogP contribution in [0.25, 0.3) is 0 Å². The van der Waals surface area contributed by atoms with E-state index in [1.54, 1.807) is 4.90 Å². The lowest BCUT2D eigenvalue weighted by Gasteiger charge is -2.34. The fourth-order valence-electron chi connectivity index (χ4n) is 2.32. The monoisotopic (exact) mass is 283 g/mol. The second kappa shape index (κ2) is 6.76. The maximum Gasteiger partial charge on any atom is 0.256 e. The molecule has 0 radical (unpaired) electrons. The molecule has 0 spiro atoms. The van der Waals surface area contributed by atoms with Gasteiger partial charge in [0.2, 0.25) is 0 Å². The lowest BCUT2D eigenvalue weighted by molar-refractivity contribution is 0.0632. The number of piperazine rings is 1. The average Bonchev–Trinajstić information content (AvgIpc) is 2.45. The summed E-state index contributed by atoms with van der Waals surface area (Å²) in [6, 6.07) is 3.05. The fraction of sp³-hybridized carbons (Fsp3) is 0.500. The molecule has 1 heterocycles. The van der Waals surface area contributed by atoms with Gasteiger partial charge in [0.15, 0.2) is 0 Å². The highest BCUT2D eigenvalue weighted by Gasteiger charge is 2.23. The van der Waals surface area contributed by atoms with Gasteiger partial charge < -0.3 is 10.6 Å². The van der Waals surface area contributed by atoms with Crippen LogP contribution in [0.5, 0.6) is 0 Å². The topological polar surface area (TPSA) is 49.6 Å². The van der Waals surface area contributed by atoms with Crippen molar-refractivity contribution in [2.24, 2.45) is 5.73 Å². The number of amides is 1. The van der Waals surface area contributed by atoms with Gasteiger partial charge in [-0.2, -0.15) is 0 Å². The first kappa shape index (κ1) is 14.9. The Hall–Kier alpha value is -1.53. The maximum absolute atomic E-state index is 13.6. The predicted molar refractivity (Wildman–Crippen MR) is 72.4 cm³/mol. The van der Waals surface area contributed by atoms with Crippen LogP contribution in [0.15, 0.2) is 18.2 Å². The minimum absolute atomic E-state index is 0.0678. The number of carbonyl (C=O) groups is 1. The first-order valence-electron chi connectivity index (χ1n) is 6.78. The Labute approximate surface area is 117 Å².